The number of halogens is 1. The van der Waals surface area contributed by atoms with Crippen LogP contribution in [-0.4, -0.2) is 32.5 Å². The summed E-state index contributed by atoms with van der Waals surface area (Å²) in [6.45, 7) is 1.46. The normalized spacial score (nSPS) is 12.6. The maximum Gasteiger partial charge on any atom is 0.331 e. The van der Waals surface area contributed by atoms with Crippen molar-refractivity contribution in [3.8, 4) is 0 Å². The lowest BCUT2D eigenvalue weighted by Crippen LogP contribution is -2.23. The number of hydrogen-bond donors (Lipinski definition) is 1. The second-order valence-electron chi connectivity index (χ2n) is 5.75. The summed E-state index contributed by atoms with van der Waals surface area (Å²) in [5.74, 6) is -1.08. The quantitative estimate of drug-likeness (QED) is 0.430. The molecule has 1 N–H and O–H groups in total. The Kier molecular flexibility index (Phi) is 6.76. The zero-order valence-electron chi connectivity index (χ0n) is 14.7. The van der Waals surface area contributed by atoms with E-state index in [9.17, 15) is 18.0 Å². The molecule has 8 heteroatoms. The van der Waals surface area contributed by atoms with Crippen LogP contribution in [0.15, 0.2) is 54.6 Å². The van der Waals surface area contributed by atoms with Crippen LogP contribution in [0.25, 0.3) is 6.08 Å². The molecular weight excluding hydrogens is 390 g/mol. The lowest BCUT2D eigenvalue weighted by atomic mass is 10.1. The minimum Gasteiger partial charge on any atom is -0.451 e. The Morgan fingerprint density at radius 2 is 1.74 bits per heavy atom. The van der Waals surface area contributed by atoms with Crippen LogP contribution in [-0.2, 0) is 19.6 Å². The van der Waals surface area contributed by atoms with E-state index in [0.717, 1.165) is 6.26 Å². The summed E-state index contributed by atoms with van der Waals surface area (Å²) in [7, 11) is -3.40. The van der Waals surface area contributed by atoms with Gasteiger partial charge >= 0.3 is 5.97 Å². The van der Waals surface area contributed by atoms with Crippen LogP contribution >= 0.6 is 11.6 Å². The van der Waals surface area contributed by atoms with E-state index >= 15 is 0 Å². The van der Waals surface area contributed by atoms with Crippen LogP contribution in [0.2, 0.25) is 5.02 Å². The van der Waals surface area contributed by atoms with Crippen molar-refractivity contribution in [1.82, 2.24) is 0 Å². The number of carbonyl (C=O) groups excluding carboxylic acids is 2. The van der Waals surface area contributed by atoms with Gasteiger partial charge in [-0.2, -0.15) is 0 Å². The topological polar surface area (TPSA) is 89.5 Å². The van der Waals surface area contributed by atoms with Crippen molar-refractivity contribution < 1.29 is 22.7 Å². The van der Waals surface area contributed by atoms with Gasteiger partial charge in [-0.25, -0.2) is 13.2 Å². The van der Waals surface area contributed by atoms with Gasteiger partial charge in [-0.15, -0.1) is 0 Å². The minimum atomic E-state index is -3.40. The molecular formula is C19H18ClNO5S. The fraction of sp³-hybridized carbons (Fsp3) is 0.158. The molecule has 2 rings (SSSR count). The number of nitrogens with one attached hydrogen (secondary N) is 1. The summed E-state index contributed by atoms with van der Waals surface area (Å²) in [6.07, 6.45) is 2.74. The summed E-state index contributed by atoms with van der Waals surface area (Å²) in [4.78, 5) is 24.2. The van der Waals surface area contributed by atoms with Crippen molar-refractivity contribution in [2.24, 2.45) is 0 Å². The molecule has 0 spiro atoms. The highest BCUT2D eigenvalue weighted by Crippen LogP contribution is 2.17. The molecule has 0 bridgehead atoms. The monoisotopic (exact) mass is 407 g/mol. The van der Waals surface area contributed by atoms with Gasteiger partial charge in [0.1, 0.15) is 0 Å². The standard InChI is InChI=1S/C19H18ClNO5S/c1-13(26-18(22)12-9-14-5-3-4-6-17(14)20)19(23)15-7-10-16(11-8-15)21-27(2,24)25/h3-13,21H,1-2H3/b12-9-/t13-/m1/s1. The number of hydrogen-bond acceptors (Lipinski definition) is 5. The predicted molar refractivity (Wildman–Crippen MR) is 105 cm³/mol. The highest BCUT2D eigenvalue weighted by molar-refractivity contribution is 7.92. The van der Waals surface area contributed by atoms with Gasteiger partial charge in [-0.3, -0.25) is 9.52 Å². The second kappa shape index (κ2) is 8.83. The lowest BCUT2D eigenvalue weighted by Gasteiger charge is -2.11. The molecule has 0 unspecified atom stereocenters. The number of rotatable bonds is 7. The third kappa shape index (κ3) is 6.54. The fourth-order valence-corrected chi connectivity index (χ4v) is 2.95. The first kappa shape index (κ1) is 20.7. The first-order valence-electron chi connectivity index (χ1n) is 7.91. The van der Waals surface area contributed by atoms with E-state index in [-0.39, 0.29) is 0 Å². The van der Waals surface area contributed by atoms with Gasteiger partial charge in [-0.05, 0) is 48.9 Å². The third-order valence-electron chi connectivity index (χ3n) is 3.44. The molecule has 1 atom stereocenters. The number of ether oxygens (including phenoxy) is 1. The van der Waals surface area contributed by atoms with E-state index in [2.05, 4.69) is 4.72 Å². The van der Waals surface area contributed by atoms with Gasteiger partial charge < -0.3 is 4.74 Å². The molecule has 0 aromatic heterocycles. The predicted octanol–water partition coefficient (Wildman–Crippen LogP) is 3.54. The van der Waals surface area contributed by atoms with E-state index in [1.54, 1.807) is 24.3 Å². The highest BCUT2D eigenvalue weighted by Gasteiger charge is 2.18. The van der Waals surface area contributed by atoms with Crippen LogP contribution in [0.3, 0.4) is 0 Å². The summed E-state index contributed by atoms with van der Waals surface area (Å²) in [5, 5.41) is 0.494. The van der Waals surface area contributed by atoms with Crippen molar-refractivity contribution >= 4 is 45.1 Å². The van der Waals surface area contributed by atoms with E-state index in [1.165, 1.54) is 43.3 Å². The maximum atomic E-state index is 12.3. The Morgan fingerprint density at radius 1 is 1.11 bits per heavy atom. The van der Waals surface area contributed by atoms with Crippen LogP contribution in [0, 0.1) is 0 Å². The van der Waals surface area contributed by atoms with Gasteiger partial charge in [0.25, 0.3) is 0 Å². The summed E-state index contributed by atoms with van der Waals surface area (Å²) in [5.41, 5.74) is 1.29. The fourth-order valence-electron chi connectivity index (χ4n) is 2.19. The lowest BCUT2D eigenvalue weighted by molar-refractivity contribution is -0.140. The molecule has 27 heavy (non-hydrogen) atoms. The Labute approximate surface area is 162 Å². The average molecular weight is 408 g/mol. The van der Waals surface area contributed by atoms with Gasteiger partial charge in [-0.1, -0.05) is 29.8 Å². The number of Topliss-reactive ketones (excluding diaryl/α,β-unsaturated/α-hetero) is 1. The van der Waals surface area contributed by atoms with Crippen molar-refractivity contribution in [3.63, 3.8) is 0 Å². The first-order chi connectivity index (χ1) is 12.7. The van der Waals surface area contributed by atoms with Crippen LogP contribution < -0.4 is 4.72 Å². The number of carbonyl (C=O) groups is 2. The second-order valence-corrected chi connectivity index (χ2v) is 7.91. The Morgan fingerprint density at radius 3 is 2.33 bits per heavy atom. The van der Waals surface area contributed by atoms with E-state index < -0.39 is 27.9 Å². The summed E-state index contributed by atoms with van der Waals surface area (Å²) >= 11 is 6.00. The van der Waals surface area contributed by atoms with Crippen molar-refractivity contribution in [1.29, 1.82) is 0 Å². The number of anilines is 1. The van der Waals surface area contributed by atoms with Crippen LogP contribution in [0.5, 0.6) is 0 Å². The van der Waals surface area contributed by atoms with Gasteiger partial charge in [0.05, 0.1) is 6.26 Å². The molecule has 2 aromatic carbocycles. The number of ketones is 1. The van der Waals surface area contributed by atoms with Crippen LogP contribution in [0.1, 0.15) is 22.8 Å². The molecule has 6 nitrogen and oxygen atoms in total. The SMILES string of the molecule is C[C@@H](OC(=O)/C=C\c1ccccc1Cl)C(=O)c1ccc(NS(C)(=O)=O)cc1. The van der Waals surface area contributed by atoms with Crippen molar-refractivity contribution in [2.45, 2.75) is 13.0 Å². The van der Waals surface area contributed by atoms with Gasteiger partial charge in [0.15, 0.2) is 6.10 Å². The molecule has 0 aliphatic rings. The Hall–Kier alpha value is -2.64. The largest absolute Gasteiger partial charge is 0.451 e. The van der Waals surface area contributed by atoms with Gasteiger partial charge in [0.2, 0.25) is 15.8 Å². The summed E-state index contributed by atoms with van der Waals surface area (Å²) < 4.78 is 29.8. The van der Waals surface area contributed by atoms with E-state index in [4.69, 9.17) is 16.3 Å². The molecule has 0 aliphatic heterocycles. The molecule has 0 amide bonds. The Bertz CT molecular complexity index is 968. The highest BCUT2D eigenvalue weighted by atomic mass is 35.5. The molecule has 142 valence electrons. The van der Waals surface area contributed by atoms with Crippen molar-refractivity contribution in [2.75, 3.05) is 11.0 Å². The maximum absolute atomic E-state index is 12.3. The number of sulfonamides is 1. The average Bonchev–Trinajstić information content (AvgIpc) is 2.59. The summed E-state index contributed by atoms with van der Waals surface area (Å²) in [6, 6.07) is 12.8. The van der Waals surface area contributed by atoms with Crippen LogP contribution in [0.4, 0.5) is 5.69 Å². The third-order valence-corrected chi connectivity index (χ3v) is 4.39. The molecule has 0 saturated heterocycles. The smallest absolute Gasteiger partial charge is 0.331 e. The molecule has 0 radical (unpaired) electrons. The molecule has 0 fully saturated rings. The van der Waals surface area contributed by atoms with E-state index in [0.29, 0.717) is 21.8 Å². The molecule has 0 aliphatic carbocycles. The van der Waals surface area contributed by atoms with Crippen molar-refractivity contribution in [3.05, 3.63) is 70.8 Å². The zero-order valence-corrected chi connectivity index (χ0v) is 16.3. The van der Waals surface area contributed by atoms with Gasteiger partial charge in [0, 0.05) is 22.3 Å². The molecule has 0 heterocycles. The first-order valence-corrected chi connectivity index (χ1v) is 10.2. The number of benzene rings is 2. The Balaban J connectivity index is 1.98. The van der Waals surface area contributed by atoms with E-state index in [1.807, 2.05) is 0 Å². The minimum absolute atomic E-state index is 0.296. The molecule has 2 aromatic rings. The zero-order chi connectivity index (χ0) is 20.0. The number of esters is 1. The molecule has 0 saturated carbocycles.